The molecule has 0 unspecified atom stereocenters. The first-order chi connectivity index (χ1) is 9.31. The predicted molar refractivity (Wildman–Crippen MR) is 79.9 cm³/mol. The molecule has 0 heterocycles. The van der Waals surface area contributed by atoms with Crippen LogP contribution in [-0.2, 0) is 0 Å². The highest BCUT2D eigenvalue weighted by Gasteiger charge is 2.17. The van der Waals surface area contributed by atoms with E-state index in [2.05, 4.69) is 0 Å². The minimum absolute atomic E-state index is 0.108. The van der Waals surface area contributed by atoms with Crippen molar-refractivity contribution in [3.63, 3.8) is 0 Å². The molecule has 2 N–H and O–H groups in total. The number of carbonyl (C=O) groups excluding carboxylic acids is 1. The molecule has 0 atom stereocenters. The number of rotatable bonds is 2. The van der Waals surface area contributed by atoms with E-state index in [0.717, 1.165) is 17.2 Å². The summed E-state index contributed by atoms with van der Waals surface area (Å²) >= 11 is 5.98. The normalized spacial score (nSPS) is 10.7. The van der Waals surface area contributed by atoms with Gasteiger partial charge in [-0.25, -0.2) is 4.39 Å². The summed E-state index contributed by atoms with van der Waals surface area (Å²) in [5.74, 6) is -0.672. The second-order valence-electron chi connectivity index (χ2n) is 4.93. The molecule has 0 amide bonds. The maximum absolute atomic E-state index is 13.4. The molecule has 0 aromatic heterocycles. The van der Waals surface area contributed by atoms with E-state index < -0.39 is 5.82 Å². The summed E-state index contributed by atoms with van der Waals surface area (Å²) in [5, 5.41) is 0.108. The minimum atomic E-state index is -0.424. The lowest BCUT2D eigenvalue weighted by molar-refractivity contribution is 0.103. The first kappa shape index (κ1) is 14.5. The van der Waals surface area contributed by atoms with Crippen LogP contribution in [0.3, 0.4) is 0 Å². The van der Waals surface area contributed by atoms with Gasteiger partial charge in [-0.15, -0.1) is 0 Å². The SMILES string of the molecule is Cc1cc(C)c(C(=O)c2cc(C)c(F)cc2Cl)cc1N. The summed E-state index contributed by atoms with van der Waals surface area (Å²) in [6.45, 7) is 5.31. The van der Waals surface area contributed by atoms with E-state index in [1.54, 1.807) is 13.0 Å². The van der Waals surface area contributed by atoms with E-state index in [0.29, 0.717) is 16.8 Å². The standard InChI is InChI=1S/C16H15ClFNO/c1-8-4-10(3)15(19)6-11(8)16(20)12-5-9(2)14(18)7-13(12)17/h4-7H,19H2,1-3H3. The zero-order valence-electron chi connectivity index (χ0n) is 11.6. The van der Waals surface area contributed by atoms with Gasteiger partial charge >= 0.3 is 0 Å². The third-order valence-electron chi connectivity index (χ3n) is 3.35. The van der Waals surface area contributed by atoms with Gasteiger partial charge in [0, 0.05) is 16.8 Å². The molecule has 2 rings (SSSR count). The van der Waals surface area contributed by atoms with E-state index in [-0.39, 0.29) is 16.4 Å². The number of nitrogen functional groups attached to an aromatic ring is 1. The van der Waals surface area contributed by atoms with Gasteiger partial charge in [0.2, 0.25) is 0 Å². The number of ketones is 1. The Morgan fingerprint density at radius 1 is 1.00 bits per heavy atom. The van der Waals surface area contributed by atoms with Gasteiger partial charge in [-0.2, -0.15) is 0 Å². The number of nitrogens with two attached hydrogens (primary N) is 1. The van der Waals surface area contributed by atoms with E-state index >= 15 is 0 Å². The lowest BCUT2D eigenvalue weighted by atomic mass is 9.95. The van der Waals surface area contributed by atoms with Crippen LogP contribution in [0.1, 0.15) is 32.6 Å². The number of hydrogen-bond donors (Lipinski definition) is 1. The van der Waals surface area contributed by atoms with Gasteiger partial charge in [-0.05, 0) is 55.7 Å². The van der Waals surface area contributed by atoms with Crippen LogP contribution in [0.5, 0.6) is 0 Å². The number of halogens is 2. The molecule has 0 aliphatic carbocycles. The fourth-order valence-corrected chi connectivity index (χ4v) is 2.33. The van der Waals surface area contributed by atoms with Gasteiger partial charge in [0.25, 0.3) is 0 Å². The molecule has 104 valence electrons. The van der Waals surface area contributed by atoms with Crippen LogP contribution in [-0.4, -0.2) is 5.78 Å². The van der Waals surface area contributed by atoms with Crippen molar-refractivity contribution in [1.82, 2.24) is 0 Å². The van der Waals surface area contributed by atoms with Gasteiger partial charge in [0.15, 0.2) is 5.78 Å². The zero-order chi connectivity index (χ0) is 15.0. The maximum Gasteiger partial charge on any atom is 0.194 e. The quantitative estimate of drug-likeness (QED) is 0.665. The molecule has 0 radical (unpaired) electrons. The zero-order valence-corrected chi connectivity index (χ0v) is 12.3. The molecular weight excluding hydrogens is 277 g/mol. The fraction of sp³-hybridized carbons (Fsp3) is 0.188. The maximum atomic E-state index is 13.4. The summed E-state index contributed by atoms with van der Waals surface area (Å²) in [5.41, 5.74) is 9.30. The van der Waals surface area contributed by atoms with E-state index in [4.69, 9.17) is 17.3 Å². The highest BCUT2D eigenvalue weighted by molar-refractivity contribution is 6.35. The minimum Gasteiger partial charge on any atom is -0.398 e. The molecule has 2 aromatic carbocycles. The first-order valence-corrected chi connectivity index (χ1v) is 6.56. The summed E-state index contributed by atoms with van der Waals surface area (Å²) in [7, 11) is 0. The van der Waals surface area contributed by atoms with Gasteiger partial charge in [0.05, 0.1) is 5.02 Å². The summed E-state index contributed by atoms with van der Waals surface area (Å²) in [6.07, 6.45) is 0. The second kappa shape index (κ2) is 5.25. The van der Waals surface area contributed by atoms with Crippen molar-refractivity contribution in [1.29, 1.82) is 0 Å². The van der Waals surface area contributed by atoms with Gasteiger partial charge < -0.3 is 5.73 Å². The van der Waals surface area contributed by atoms with E-state index in [1.165, 1.54) is 6.07 Å². The lowest BCUT2D eigenvalue weighted by Gasteiger charge is -2.11. The molecule has 0 bridgehead atoms. The van der Waals surface area contributed by atoms with E-state index in [9.17, 15) is 9.18 Å². The summed E-state index contributed by atoms with van der Waals surface area (Å²) in [4.78, 5) is 12.6. The Balaban J connectivity index is 2.57. The molecule has 0 aliphatic rings. The van der Waals surface area contributed by atoms with Crippen molar-refractivity contribution >= 4 is 23.1 Å². The Morgan fingerprint density at radius 3 is 2.30 bits per heavy atom. The van der Waals surface area contributed by atoms with Gasteiger partial charge in [0.1, 0.15) is 5.82 Å². The number of aryl methyl sites for hydroxylation is 3. The van der Waals surface area contributed by atoms with Gasteiger partial charge in [-0.1, -0.05) is 17.7 Å². The first-order valence-electron chi connectivity index (χ1n) is 6.18. The number of anilines is 1. The molecule has 0 aliphatic heterocycles. The Hall–Kier alpha value is -1.87. The molecule has 0 spiro atoms. The molecule has 2 nitrogen and oxygen atoms in total. The molecule has 0 saturated heterocycles. The highest BCUT2D eigenvalue weighted by Crippen LogP contribution is 2.26. The third kappa shape index (κ3) is 2.54. The number of hydrogen-bond acceptors (Lipinski definition) is 2. The number of carbonyl (C=O) groups is 1. The predicted octanol–water partition coefficient (Wildman–Crippen LogP) is 4.22. The van der Waals surface area contributed by atoms with Crippen molar-refractivity contribution in [2.75, 3.05) is 5.73 Å². The van der Waals surface area contributed by atoms with Crippen LogP contribution < -0.4 is 5.73 Å². The van der Waals surface area contributed by atoms with Crippen molar-refractivity contribution in [2.45, 2.75) is 20.8 Å². The molecule has 0 fully saturated rings. The Labute approximate surface area is 122 Å². The Bertz CT molecular complexity index is 651. The highest BCUT2D eigenvalue weighted by atomic mass is 35.5. The Morgan fingerprint density at radius 2 is 1.65 bits per heavy atom. The largest absolute Gasteiger partial charge is 0.398 e. The monoisotopic (exact) mass is 291 g/mol. The van der Waals surface area contributed by atoms with Crippen LogP contribution in [0, 0.1) is 26.6 Å². The average molecular weight is 292 g/mol. The van der Waals surface area contributed by atoms with Crippen molar-refractivity contribution < 1.29 is 9.18 Å². The average Bonchev–Trinajstić information content (AvgIpc) is 2.37. The fourth-order valence-electron chi connectivity index (χ4n) is 2.09. The summed E-state index contributed by atoms with van der Waals surface area (Å²) < 4.78 is 13.4. The molecule has 0 saturated carbocycles. The van der Waals surface area contributed by atoms with Crippen molar-refractivity contribution in [2.24, 2.45) is 0 Å². The molecule has 2 aromatic rings. The third-order valence-corrected chi connectivity index (χ3v) is 3.66. The number of benzene rings is 2. The molecular formula is C16H15ClFNO. The van der Waals surface area contributed by atoms with Gasteiger partial charge in [-0.3, -0.25) is 4.79 Å². The van der Waals surface area contributed by atoms with Crippen LogP contribution in [0.4, 0.5) is 10.1 Å². The topological polar surface area (TPSA) is 43.1 Å². The molecule has 4 heteroatoms. The molecule has 20 heavy (non-hydrogen) atoms. The summed E-state index contributed by atoms with van der Waals surface area (Å²) in [6, 6.07) is 6.13. The van der Waals surface area contributed by atoms with Crippen LogP contribution >= 0.6 is 11.6 Å². The second-order valence-corrected chi connectivity index (χ2v) is 5.34. The van der Waals surface area contributed by atoms with Crippen LogP contribution in [0.15, 0.2) is 24.3 Å². The van der Waals surface area contributed by atoms with Crippen LogP contribution in [0.25, 0.3) is 0 Å². The van der Waals surface area contributed by atoms with E-state index in [1.807, 2.05) is 19.9 Å². The van der Waals surface area contributed by atoms with Crippen LogP contribution in [0.2, 0.25) is 5.02 Å². The smallest absolute Gasteiger partial charge is 0.194 e. The van der Waals surface area contributed by atoms with Crippen molar-refractivity contribution in [3.8, 4) is 0 Å². The Kier molecular flexibility index (Phi) is 3.82. The lowest BCUT2D eigenvalue weighted by Crippen LogP contribution is -2.07. The van der Waals surface area contributed by atoms with Crippen molar-refractivity contribution in [3.05, 3.63) is 62.9 Å².